The maximum absolute atomic E-state index is 14.4. The van der Waals surface area contributed by atoms with Gasteiger partial charge < -0.3 is 14.4 Å². The molecule has 0 saturated heterocycles. The summed E-state index contributed by atoms with van der Waals surface area (Å²) in [7, 11) is 1.31. The molecule has 0 bridgehead atoms. The molecular weight excluding hydrogens is 411 g/mol. The second kappa shape index (κ2) is 11.4. The van der Waals surface area contributed by atoms with Crippen LogP contribution in [0.5, 0.6) is 11.5 Å². The number of methoxy groups -OCH3 is 1. The molecule has 0 aliphatic heterocycles. The first-order valence-electron chi connectivity index (χ1n) is 10.0. The van der Waals surface area contributed by atoms with Crippen molar-refractivity contribution in [2.75, 3.05) is 13.7 Å². The maximum Gasteiger partial charge on any atom is 0.307 e. The number of carbonyl (C=O) groups excluding carboxylic acids is 2. The van der Waals surface area contributed by atoms with Crippen molar-refractivity contribution in [1.82, 2.24) is 9.88 Å². The van der Waals surface area contributed by atoms with Crippen LogP contribution in [0.3, 0.4) is 0 Å². The summed E-state index contributed by atoms with van der Waals surface area (Å²) < 4.78 is 24.6. The minimum atomic E-state index is -0.560. The lowest BCUT2D eigenvalue weighted by Gasteiger charge is -2.21. The van der Waals surface area contributed by atoms with Crippen molar-refractivity contribution < 1.29 is 23.5 Å². The van der Waals surface area contributed by atoms with Crippen LogP contribution < -0.4 is 4.74 Å². The van der Waals surface area contributed by atoms with Crippen molar-refractivity contribution in [3.05, 3.63) is 96.1 Å². The Balaban J connectivity index is 1.69. The lowest BCUT2D eigenvalue weighted by molar-refractivity contribution is -0.141. The zero-order valence-electron chi connectivity index (χ0n) is 17.6. The molecule has 0 aliphatic carbocycles. The van der Waals surface area contributed by atoms with Gasteiger partial charge >= 0.3 is 5.97 Å². The molecule has 0 spiro atoms. The largest absolute Gasteiger partial charge is 0.469 e. The highest BCUT2D eigenvalue weighted by Crippen LogP contribution is 2.25. The summed E-state index contributed by atoms with van der Waals surface area (Å²) in [6.07, 6.45) is 6.05. The van der Waals surface area contributed by atoms with Gasteiger partial charge in [-0.3, -0.25) is 14.6 Å². The fourth-order valence-corrected chi connectivity index (χ4v) is 2.91. The Morgan fingerprint density at radius 2 is 1.91 bits per heavy atom. The van der Waals surface area contributed by atoms with E-state index in [1.54, 1.807) is 29.3 Å². The number of amides is 1. The summed E-state index contributed by atoms with van der Waals surface area (Å²) in [5.41, 5.74) is 1.43. The maximum atomic E-state index is 14.4. The predicted octanol–water partition coefficient (Wildman–Crippen LogP) is 4.62. The van der Waals surface area contributed by atoms with Crippen LogP contribution in [-0.2, 0) is 20.9 Å². The molecule has 6 nitrogen and oxygen atoms in total. The van der Waals surface area contributed by atoms with Gasteiger partial charge in [-0.2, -0.15) is 0 Å². The SMILES string of the molecule is COC(=O)CCN(Cc1ccccc1)C(=O)/C=C/c1ccc(Oc2cccnc2)c(F)c1. The Kier molecular flexibility index (Phi) is 8.09. The van der Waals surface area contributed by atoms with Crippen LogP contribution in [-0.4, -0.2) is 35.4 Å². The summed E-state index contributed by atoms with van der Waals surface area (Å²) in [5, 5.41) is 0. The molecule has 32 heavy (non-hydrogen) atoms. The van der Waals surface area contributed by atoms with Crippen LogP contribution in [0.1, 0.15) is 17.5 Å². The monoisotopic (exact) mass is 434 g/mol. The van der Waals surface area contributed by atoms with E-state index in [0.29, 0.717) is 17.9 Å². The molecule has 164 valence electrons. The lowest BCUT2D eigenvalue weighted by atomic mass is 10.1. The smallest absolute Gasteiger partial charge is 0.307 e. The van der Waals surface area contributed by atoms with Crippen molar-refractivity contribution in [2.24, 2.45) is 0 Å². The highest BCUT2D eigenvalue weighted by atomic mass is 19.1. The highest BCUT2D eigenvalue weighted by Gasteiger charge is 2.14. The van der Waals surface area contributed by atoms with E-state index in [0.717, 1.165) is 5.56 Å². The summed E-state index contributed by atoms with van der Waals surface area (Å²) in [4.78, 5) is 29.8. The van der Waals surface area contributed by atoms with Crippen LogP contribution in [0, 0.1) is 5.82 Å². The number of ether oxygens (including phenoxy) is 2. The van der Waals surface area contributed by atoms with Crippen LogP contribution >= 0.6 is 0 Å². The van der Waals surface area contributed by atoms with E-state index < -0.39 is 11.8 Å². The van der Waals surface area contributed by atoms with Crippen molar-refractivity contribution in [1.29, 1.82) is 0 Å². The van der Waals surface area contributed by atoms with E-state index >= 15 is 0 Å². The van der Waals surface area contributed by atoms with Gasteiger partial charge in [0.1, 0.15) is 5.75 Å². The standard InChI is InChI=1S/C25H23FN2O4/c1-31-25(30)13-15-28(18-20-6-3-2-4-7-20)24(29)12-10-19-9-11-23(22(26)16-19)32-21-8-5-14-27-17-21/h2-12,14,16-17H,13,15,18H2,1H3/b12-10+. The average Bonchev–Trinajstić information content (AvgIpc) is 2.82. The van der Waals surface area contributed by atoms with Gasteiger partial charge in [-0.15, -0.1) is 0 Å². The number of nitrogens with zero attached hydrogens (tertiary/aromatic N) is 2. The number of aromatic nitrogens is 1. The first-order chi connectivity index (χ1) is 15.5. The first-order valence-corrected chi connectivity index (χ1v) is 10.0. The summed E-state index contributed by atoms with van der Waals surface area (Å²) in [6.45, 7) is 0.546. The first kappa shape index (κ1) is 22.7. The van der Waals surface area contributed by atoms with E-state index in [1.165, 1.54) is 37.6 Å². The molecule has 3 rings (SSSR count). The Bertz CT molecular complexity index is 1070. The molecule has 1 amide bonds. The van der Waals surface area contributed by atoms with Crippen LogP contribution in [0.2, 0.25) is 0 Å². The van der Waals surface area contributed by atoms with Crippen molar-refractivity contribution in [3.8, 4) is 11.5 Å². The van der Waals surface area contributed by atoms with Crippen LogP contribution in [0.25, 0.3) is 6.08 Å². The molecule has 0 aliphatic rings. The van der Waals surface area contributed by atoms with Gasteiger partial charge in [0.15, 0.2) is 11.6 Å². The second-order valence-electron chi connectivity index (χ2n) is 6.89. The summed E-state index contributed by atoms with van der Waals surface area (Å²) in [5.74, 6) is -0.771. The van der Waals surface area contributed by atoms with Gasteiger partial charge in [0.05, 0.1) is 19.7 Å². The van der Waals surface area contributed by atoms with Gasteiger partial charge in [-0.25, -0.2) is 4.39 Å². The van der Waals surface area contributed by atoms with E-state index in [4.69, 9.17) is 4.74 Å². The zero-order chi connectivity index (χ0) is 22.8. The number of pyridine rings is 1. The lowest BCUT2D eigenvalue weighted by Crippen LogP contribution is -2.31. The Morgan fingerprint density at radius 1 is 1.09 bits per heavy atom. The van der Waals surface area contributed by atoms with Gasteiger partial charge in [-0.05, 0) is 41.5 Å². The molecule has 0 fully saturated rings. The third-order valence-electron chi connectivity index (χ3n) is 4.58. The minimum Gasteiger partial charge on any atom is -0.469 e. The fourth-order valence-electron chi connectivity index (χ4n) is 2.91. The van der Waals surface area contributed by atoms with Crippen LogP contribution in [0.15, 0.2) is 79.1 Å². The third-order valence-corrected chi connectivity index (χ3v) is 4.58. The molecule has 2 aromatic carbocycles. The molecule has 0 saturated carbocycles. The molecule has 0 radical (unpaired) electrons. The third kappa shape index (κ3) is 6.77. The van der Waals surface area contributed by atoms with Gasteiger partial charge in [0.25, 0.3) is 0 Å². The van der Waals surface area contributed by atoms with E-state index in [9.17, 15) is 14.0 Å². The molecule has 3 aromatic rings. The zero-order valence-corrected chi connectivity index (χ0v) is 17.6. The number of rotatable bonds is 9. The van der Waals surface area contributed by atoms with Crippen molar-refractivity contribution in [2.45, 2.75) is 13.0 Å². The molecule has 1 heterocycles. The number of esters is 1. The number of carbonyl (C=O) groups is 2. The van der Waals surface area contributed by atoms with Crippen molar-refractivity contribution >= 4 is 18.0 Å². The Morgan fingerprint density at radius 3 is 2.59 bits per heavy atom. The highest BCUT2D eigenvalue weighted by molar-refractivity contribution is 5.92. The molecule has 0 atom stereocenters. The summed E-state index contributed by atoms with van der Waals surface area (Å²) >= 11 is 0. The normalized spacial score (nSPS) is 10.7. The Labute approximate surface area is 185 Å². The number of hydrogen-bond donors (Lipinski definition) is 0. The van der Waals surface area contributed by atoms with Gasteiger partial charge in [0, 0.05) is 25.4 Å². The number of halogens is 1. The molecule has 1 aromatic heterocycles. The second-order valence-corrected chi connectivity index (χ2v) is 6.89. The summed E-state index contributed by atoms with van der Waals surface area (Å²) in [6, 6.07) is 17.2. The van der Waals surface area contributed by atoms with E-state index in [2.05, 4.69) is 9.72 Å². The van der Waals surface area contributed by atoms with E-state index in [-0.39, 0.29) is 24.6 Å². The predicted molar refractivity (Wildman–Crippen MR) is 118 cm³/mol. The average molecular weight is 434 g/mol. The molecule has 0 N–H and O–H groups in total. The van der Waals surface area contributed by atoms with Gasteiger partial charge in [0.2, 0.25) is 5.91 Å². The topological polar surface area (TPSA) is 68.7 Å². The minimum absolute atomic E-state index is 0.0604. The molecule has 7 heteroatoms. The van der Waals surface area contributed by atoms with E-state index in [1.807, 2.05) is 30.3 Å². The Hall–Kier alpha value is -4.00. The van der Waals surface area contributed by atoms with Crippen LogP contribution in [0.4, 0.5) is 4.39 Å². The number of benzene rings is 2. The molecular formula is C25H23FN2O4. The van der Waals surface area contributed by atoms with Crippen molar-refractivity contribution in [3.63, 3.8) is 0 Å². The van der Waals surface area contributed by atoms with Gasteiger partial charge in [-0.1, -0.05) is 36.4 Å². The number of hydrogen-bond acceptors (Lipinski definition) is 5. The quantitative estimate of drug-likeness (QED) is 0.363. The molecule has 0 unspecified atom stereocenters. The fraction of sp³-hybridized carbons (Fsp3) is 0.160.